The molecule has 1 saturated heterocycles. The molecule has 6 fully saturated rings. The summed E-state index contributed by atoms with van der Waals surface area (Å²) >= 11 is 0. The molecule has 11 atom stereocenters. The molecule has 6 aliphatic rings. The number of piperidine rings is 1. The molecule has 1 heterocycles. The Kier molecular flexibility index (Phi) is 2.92. The van der Waals surface area contributed by atoms with E-state index in [4.69, 9.17) is 0 Å². The van der Waals surface area contributed by atoms with Crippen LogP contribution in [0.15, 0.2) is 12.2 Å². The Labute approximate surface area is 156 Å². The largest absolute Gasteiger partial charge is 0.392 e. The van der Waals surface area contributed by atoms with Crippen molar-refractivity contribution in [3.8, 4) is 0 Å². The molecule has 0 aromatic rings. The van der Waals surface area contributed by atoms with Gasteiger partial charge in [0.25, 0.3) is 0 Å². The molecule has 5 saturated carbocycles. The standard InChI is InChI=1S/C22H33NO3/c1-4-23-10-20(3)6-5-17(25)22-15(20)7-13(18(22)23)21-9-12(11(2)19(21)26)14(24)8-16(21)22/h12-19,24-26H,2,4-10H2,1,3H3/t12-,13?,14+,15-,16-,17?,18-,19-,20+,21?,22?/m1/s1. The van der Waals surface area contributed by atoms with Gasteiger partial charge in [-0.2, -0.15) is 0 Å². The molecule has 4 nitrogen and oxygen atoms in total. The predicted molar refractivity (Wildman–Crippen MR) is 98.2 cm³/mol. The normalized spacial score (nSPS) is 65.5. The van der Waals surface area contributed by atoms with Crippen LogP contribution in [0.2, 0.25) is 0 Å². The Hall–Kier alpha value is -0.420. The molecule has 3 N–H and O–H groups in total. The molecule has 144 valence electrons. The number of hydrogen-bond acceptors (Lipinski definition) is 4. The molecule has 26 heavy (non-hydrogen) atoms. The lowest BCUT2D eigenvalue weighted by molar-refractivity contribution is -0.218. The second kappa shape index (κ2) is 4.59. The Morgan fingerprint density at radius 2 is 1.96 bits per heavy atom. The Morgan fingerprint density at radius 3 is 2.69 bits per heavy atom. The van der Waals surface area contributed by atoms with Gasteiger partial charge in [-0.05, 0) is 67.4 Å². The number of fused-ring (bicyclic) bond motifs is 1. The van der Waals surface area contributed by atoms with E-state index >= 15 is 0 Å². The third-order valence-electron chi connectivity index (χ3n) is 10.6. The third-order valence-corrected chi connectivity index (χ3v) is 10.6. The van der Waals surface area contributed by atoms with Crippen LogP contribution in [-0.4, -0.2) is 57.7 Å². The summed E-state index contributed by atoms with van der Waals surface area (Å²) in [4.78, 5) is 2.65. The van der Waals surface area contributed by atoms with E-state index in [0.29, 0.717) is 17.9 Å². The molecular formula is C22H33NO3. The summed E-state index contributed by atoms with van der Waals surface area (Å²) in [5.41, 5.74) is 0.849. The van der Waals surface area contributed by atoms with Crippen molar-refractivity contribution in [3.05, 3.63) is 12.2 Å². The van der Waals surface area contributed by atoms with Crippen LogP contribution in [0.3, 0.4) is 0 Å². The van der Waals surface area contributed by atoms with Crippen LogP contribution in [0.5, 0.6) is 0 Å². The fourth-order valence-electron chi connectivity index (χ4n) is 9.97. The minimum Gasteiger partial charge on any atom is -0.392 e. The van der Waals surface area contributed by atoms with E-state index in [1.807, 2.05) is 0 Å². The second-order valence-corrected chi connectivity index (χ2v) is 10.9. The topological polar surface area (TPSA) is 63.9 Å². The minimum absolute atomic E-state index is 0.0547. The summed E-state index contributed by atoms with van der Waals surface area (Å²) in [6.07, 6.45) is 3.58. The van der Waals surface area contributed by atoms with E-state index in [1.54, 1.807) is 0 Å². The lowest BCUT2D eigenvalue weighted by Gasteiger charge is -2.65. The molecule has 0 amide bonds. The predicted octanol–water partition coefficient (Wildman–Crippen LogP) is 1.79. The van der Waals surface area contributed by atoms with Crippen LogP contribution in [0.25, 0.3) is 0 Å². The van der Waals surface area contributed by atoms with Crippen LogP contribution in [0, 0.1) is 39.9 Å². The number of aliphatic hydroxyl groups is 3. The first-order valence-electron chi connectivity index (χ1n) is 10.8. The molecule has 4 unspecified atom stereocenters. The number of likely N-dealkylation sites (tertiary alicyclic amines) is 1. The van der Waals surface area contributed by atoms with Crippen molar-refractivity contribution >= 4 is 0 Å². The molecule has 7 bridgehead atoms. The summed E-state index contributed by atoms with van der Waals surface area (Å²) in [6.45, 7) is 11.1. The quantitative estimate of drug-likeness (QED) is 0.625. The smallest absolute Gasteiger partial charge is 0.0813 e. The van der Waals surface area contributed by atoms with E-state index < -0.39 is 12.2 Å². The zero-order valence-corrected chi connectivity index (χ0v) is 16.1. The number of aliphatic hydroxyl groups excluding tert-OH is 3. The van der Waals surface area contributed by atoms with E-state index in [-0.39, 0.29) is 34.2 Å². The van der Waals surface area contributed by atoms with Gasteiger partial charge in [0.05, 0.1) is 18.3 Å². The lowest BCUT2D eigenvalue weighted by Crippen LogP contribution is -2.68. The van der Waals surface area contributed by atoms with E-state index in [1.165, 1.54) is 0 Å². The van der Waals surface area contributed by atoms with Crippen molar-refractivity contribution in [2.45, 2.75) is 70.3 Å². The maximum atomic E-state index is 11.5. The van der Waals surface area contributed by atoms with Crippen LogP contribution < -0.4 is 0 Å². The average molecular weight is 360 g/mol. The second-order valence-electron chi connectivity index (χ2n) is 10.9. The zero-order chi connectivity index (χ0) is 18.2. The van der Waals surface area contributed by atoms with Crippen LogP contribution in [-0.2, 0) is 0 Å². The summed E-state index contributed by atoms with van der Waals surface area (Å²) in [7, 11) is 0. The van der Waals surface area contributed by atoms with Gasteiger partial charge in [0.15, 0.2) is 0 Å². The molecule has 6 rings (SSSR count). The fraction of sp³-hybridized carbons (Fsp3) is 0.909. The maximum absolute atomic E-state index is 11.5. The van der Waals surface area contributed by atoms with Gasteiger partial charge in [0.2, 0.25) is 0 Å². The monoisotopic (exact) mass is 359 g/mol. The molecule has 1 aliphatic heterocycles. The Bertz CT molecular complexity index is 695. The van der Waals surface area contributed by atoms with Crippen molar-refractivity contribution in [2.24, 2.45) is 39.9 Å². The highest BCUT2D eigenvalue weighted by Gasteiger charge is 2.85. The first-order valence-corrected chi connectivity index (χ1v) is 10.8. The van der Waals surface area contributed by atoms with E-state index in [9.17, 15) is 15.3 Å². The van der Waals surface area contributed by atoms with Crippen molar-refractivity contribution < 1.29 is 15.3 Å². The van der Waals surface area contributed by atoms with Gasteiger partial charge in [-0.25, -0.2) is 0 Å². The Balaban J connectivity index is 1.61. The highest BCUT2D eigenvalue weighted by molar-refractivity contribution is 5.39. The molecule has 0 radical (unpaired) electrons. The van der Waals surface area contributed by atoms with Gasteiger partial charge < -0.3 is 15.3 Å². The summed E-state index contributed by atoms with van der Waals surface area (Å²) in [6, 6.07) is 0.373. The van der Waals surface area contributed by atoms with E-state index in [0.717, 1.165) is 50.8 Å². The fourth-order valence-corrected chi connectivity index (χ4v) is 9.97. The Morgan fingerprint density at radius 1 is 1.19 bits per heavy atom. The molecular weight excluding hydrogens is 326 g/mol. The van der Waals surface area contributed by atoms with Gasteiger partial charge in [0.1, 0.15) is 0 Å². The van der Waals surface area contributed by atoms with Gasteiger partial charge in [-0.1, -0.05) is 20.4 Å². The molecule has 0 aromatic heterocycles. The van der Waals surface area contributed by atoms with E-state index in [2.05, 4.69) is 25.3 Å². The first-order chi connectivity index (χ1) is 12.3. The molecule has 0 aromatic carbocycles. The van der Waals surface area contributed by atoms with Gasteiger partial charge in [-0.15, -0.1) is 0 Å². The van der Waals surface area contributed by atoms with Crippen LogP contribution in [0.4, 0.5) is 0 Å². The lowest BCUT2D eigenvalue weighted by atomic mass is 9.43. The molecule has 4 heteroatoms. The molecule has 2 spiro atoms. The molecule has 5 aliphatic carbocycles. The summed E-state index contributed by atoms with van der Waals surface area (Å²) in [5, 5.41) is 33.8. The minimum atomic E-state index is -0.500. The van der Waals surface area contributed by atoms with Crippen molar-refractivity contribution in [1.29, 1.82) is 0 Å². The SMILES string of the molecule is C=C1[C@H]2CC3(C4C[C@H]5C6(C(O)CC[C@@]5(C)CN(CC)[C@H]46)[C@@H]3C[C@@H]2O)[C@@H]1O. The van der Waals surface area contributed by atoms with Gasteiger partial charge in [-0.3, -0.25) is 4.90 Å². The highest BCUT2D eigenvalue weighted by atomic mass is 16.3. The first kappa shape index (κ1) is 16.5. The van der Waals surface area contributed by atoms with Gasteiger partial charge in [0, 0.05) is 29.3 Å². The van der Waals surface area contributed by atoms with Crippen LogP contribution in [0.1, 0.15) is 46.0 Å². The summed E-state index contributed by atoms with van der Waals surface area (Å²) in [5.74, 6) is 1.26. The van der Waals surface area contributed by atoms with Crippen LogP contribution >= 0.6 is 0 Å². The highest BCUT2D eigenvalue weighted by Crippen LogP contribution is 2.83. The number of rotatable bonds is 1. The van der Waals surface area contributed by atoms with Crippen molar-refractivity contribution in [3.63, 3.8) is 0 Å². The zero-order valence-electron chi connectivity index (χ0n) is 16.1. The van der Waals surface area contributed by atoms with Crippen molar-refractivity contribution in [1.82, 2.24) is 4.90 Å². The van der Waals surface area contributed by atoms with Gasteiger partial charge >= 0.3 is 0 Å². The number of hydrogen-bond donors (Lipinski definition) is 3. The summed E-state index contributed by atoms with van der Waals surface area (Å²) < 4.78 is 0. The number of nitrogens with zero attached hydrogens (tertiary/aromatic N) is 1. The maximum Gasteiger partial charge on any atom is 0.0813 e. The average Bonchev–Trinajstić information content (AvgIpc) is 3.14. The third kappa shape index (κ3) is 1.37. The van der Waals surface area contributed by atoms with Crippen molar-refractivity contribution in [2.75, 3.05) is 13.1 Å².